The van der Waals surface area contributed by atoms with Crippen LogP contribution >= 0.6 is 0 Å². The fraction of sp³-hybridized carbons (Fsp3) is 0.300. The summed E-state index contributed by atoms with van der Waals surface area (Å²) >= 11 is 0. The van der Waals surface area contributed by atoms with Gasteiger partial charge in [0.2, 0.25) is 0 Å². The van der Waals surface area contributed by atoms with Crippen molar-refractivity contribution in [3.63, 3.8) is 0 Å². The van der Waals surface area contributed by atoms with Gasteiger partial charge in [-0.3, -0.25) is 4.79 Å². The van der Waals surface area contributed by atoms with E-state index in [9.17, 15) is 9.18 Å². The molecule has 0 bridgehead atoms. The van der Waals surface area contributed by atoms with Crippen LogP contribution in [0.5, 0.6) is 5.75 Å². The minimum absolute atomic E-state index is 0.170. The van der Waals surface area contributed by atoms with Gasteiger partial charge in [0.05, 0.1) is 0 Å². The van der Waals surface area contributed by atoms with Crippen molar-refractivity contribution in [3.8, 4) is 5.75 Å². The Morgan fingerprint density at radius 1 is 1.60 bits per heavy atom. The second-order valence-electron chi connectivity index (χ2n) is 3.17. The molecule has 4 nitrogen and oxygen atoms in total. The van der Waals surface area contributed by atoms with Crippen molar-refractivity contribution in [2.75, 3.05) is 7.05 Å². The van der Waals surface area contributed by atoms with Gasteiger partial charge in [0.1, 0.15) is 6.04 Å². The van der Waals surface area contributed by atoms with Crippen molar-refractivity contribution in [2.45, 2.75) is 12.5 Å². The first kappa shape index (κ1) is 11.5. The Hall–Kier alpha value is -1.62. The Morgan fingerprint density at radius 2 is 2.27 bits per heavy atom. The molecule has 0 heterocycles. The number of hydrogen-bond donors (Lipinski definition) is 3. The third kappa shape index (κ3) is 2.92. The van der Waals surface area contributed by atoms with E-state index in [4.69, 9.17) is 10.2 Å². The summed E-state index contributed by atoms with van der Waals surface area (Å²) in [5.41, 5.74) is 0.520. The number of hydrogen-bond acceptors (Lipinski definition) is 3. The van der Waals surface area contributed by atoms with Crippen LogP contribution in [0.3, 0.4) is 0 Å². The Kier molecular flexibility index (Phi) is 3.62. The molecular formula is C10H12FNO3. The van der Waals surface area contributed by atoms with Gasteiger partial charge in [-0.25, -0.2) is 4.39 Å². The number of carboxylic acid groups (broad SMARTS) is 1. The van der Waals surface area contributed by atoms with E-state index in [1.165, 1.54) is 19.2 Å². The molecule has 5 heteroatoms. The molecular weight excluding hydrogens is 201 g/mol. The topological polar surface area (TPSA) is 69.6 Å². The van der Waals surface area contributed by atoms with Gasteiger partial charge in [-0.1, -0.05) is 6.07 Å². The molecule has 1 aromatic rings. The Balaban J connectivity index is 2.80. The second kappa shape index (κ2) is 4.75. The Morgan fingerprint density at radius 3 is 2.73 bits per heavy atom. The van der Waals surface area contributed by atoms with Crippen LogP contribution in [-0.2, 0) is 11.2 Å². The summed E-state index contributed by atoms with van der Waals surface area (Å²) in [6.45, 7) is 0. The predicted octanol–water partition coefficient (Wildman–Crippen LogP) is 0.746. The lowest BCUT2D eigenvalue weighted by molar-refractivity contribution is -0.139. The van der Waals surface area contributed by atoms with Crippen LogP contribution in [0.4, 0.5) is 4.39 Å². The first-order valence-corrected chi connectivity index (χ1v) is 4.42. The van der Waals surface area contributed by atoms with Gasteiger partial charge in [0, 0.05) is 0 Å². The monoisotopic (exact) mass is 213 g/mol. The van der Waals surface area contributed by atoms with Crippen molar-refractivity contribution in [1.82, 2.24) is 5.32 Å². The zero-order valence-corrected chi connectivity index (χ0v) is 8.20. The normalized spacial score (nSPS) is 12.4. The first-order valence-electron chi connectivity index (χ1n) is 4.42. The fourth-order valence-electron chi connectivity index (χ4n) is 1.23. The highest BCUT2D eigenvalue weighted by atomic mass is 19.1. The van der Waals surface area contributed by atoms with Gasteiger partial charge in [-0.2, -0.15) is 0 Å². The molecule has 0 saturated heterocycles. The molecule has 0 amide bonds. The first-order chi connectivity index (χ1) is 7.04. The van der Waals surface area contributed by atoms with Gasteiger partial charge in [0.15, 0.2) is 11.6 Å². The van der Waals surface area contributed by atoms with Crippen molar-refractivity contribution in [3.05, 3.63) is 29.6 Å². The predicted molar refractivity (Wildman–Crippen MR) is 52.3 cm³/mol. The van der Waals surface area contributed by atoms with Crippen LogP contribution in [0, 0.1) is 5.82 Å². The molecule has 1 rings (SSSR count). The van der Waals surface area contributed by atoms with Crippen molar-refractivity contribution in [1.29, 1.82) is 0 Å². The van der Waals surface area contributed by atoms with Gasteiger partial charge in [-0.15, -0.1) is 0 Å². The van der Waals surface area contributed by atoms with Crippen LogP contribution in [0.25, 0.3) is 0 Å². The minimum Gasteiger partial charge on any atom is -0.505 e. The number of carbonyl (C=O) groups is 1. The van der Waals surface area contributed by atoms with Crippen LogP contribution in [0.1, 0.15) is 5.56 Å². The summed E-state index contributed by atoms with van der Waals surface area (Å²) in [6.07, 6.45) is 0.170. The van der Waals surface area contributed by atoms with Crippen LogP contribution in [0.2, 0.25) is 0 Å². The number of aromatic hydroxyl groups is 1. The highest BCUT2D eigenvalue weighted by molar-refractivity contribution is 5.73. The van der Waals surface area contributed by atoms with Crippen molar-refractivity contribution in [2.24, 2.45) is 0 Å². The molecule has 0 aliphatic carbocycles. The Bertz CT molecular complexity index is 368. The number of likely N-dealkylation sites (N-methyl/N-ethyl adjacent to an activating group) is 1. The zero-order chi connectivity index (χ0) is 11.4. The highest BCUT2D eigenvalue weighted by Crippen LogP contribution is 2.17. The van der Waals surface area contributed by atoms with E-state index in [0.29, 0.717) is 5.56 Å². The van der Waals surface area contributed by atoms with Gasteiger partial charge in [0.25, 0.3) is 0 Å². The molecule has 1 aromatic carbocycles. The third-order valence-corrected chi connectivity index (χ3v) is 2.10. The smallest absolute Gasteiger partial charge is 0.321 e. The largest absolute Gasteiger partial charge is 0.505 e. The number of phenolic OH excluding ortho intramolecular Hbond substituents is 1. The van der Waals surface area contributed by atoms with E-state index in [1.807, 2.05) is 0 Å². The van der Waals surface area contributed by atoms with E-state index < -0.39 is 23.6 Å². The summed E-state index contributed by atoms with van der Waals surface area (Å²) in [5.74, 6) is -2.17. The standard InChI is InChI=1S/C10H12FNO3/c1-12-8(10(14)15)5-6-2-3-9(13)7(11)4-6/h2-4,8,12-13H,5H2,1H3,(H,14,15). The van der Waals surface area contributed by atoms with E-state index >= 15 is 0 Å². The molecule has 0 aliphatic rings. The van der Waals surface area contributed by atoms with Gasteiger partial charge >= 0.3 is 5.97 Å². The average molecular weight is 213 g/mol. The molecule has 0 fully saturated rings. The molecule has 15 heavy (non-hydrogen) atoms. The maximum atomic E-state index is 12.9. The van der Waals surface area contributed by atoms with Crippen LogP contribution in [0.15, 0.2) is 18.2 Å². The third-order valence-electron chi connectivity index (χ3n) is 2.10. The Labute approximate surface area is 86.4 Å². The lowest BCUT2D eigenvalue weighted by Crippen LogP contribution is -2.35. The number of phenols is 1. The second-order valence-corrected chi connectivity index (χ2v) is 3.17. The molecule has 0 saturated carbocycles. The number of carboxylic acids is 1. The number of aliphatic carboxylic acids is 1. The SMILES string of the molecule is CNC(Cc1ccc(O)c(F)c1)C(=O)O. The van der Waals surface area contributed by atoms with E-state index in [-0.39, 0.29) is 6.42 Å². The van der Waals surface area contributed by atoms with E-state index in [2.05, 4.69) is 5.32 Å². The molecule has 1 unspecified atom stereocenters. The summed E-state index contributed by atoms with van der Waals surface area (Å²) in [4.78, 5) is 10.7. The molecule has 0 aliphatic heterocycles. The minimum atomic E-state index is -0.994. The average Bonchev–Trinajstić information content (AvgIpc) is 2.19. The van der Waals surface area contributed by atoms with E-state index in [1.54, 1.807) is 0 Å². The summed E-state index contributed by atoms with van der Waals surface area (Å²) < 4.78 is 12.9. The quantitative estimate of drug-likeness (QED) is 0.690. The molecule has 82 valence electrons. The summed E-state index contributed by atoms with van der Waals surface area (Å²) in [6, 6.07) is 3.07. The summed E-state index contributed by atoms with van der Waals surface area (Å²) in [5, 5.41) is 20.3. The lowest BCUT2D eigenvalue weighted by Gasteiger charge is -2.11. The van der Waals surface area contributed by atoms with Crippen LogP contribution < -0.4 is 5.32 Å². The number of benzene rings is 1. The molecule has 0 aromatic heterocycles. The van der Waals surface area contributed by atoms with E-state index in [0.717, 1.165) is 6.07 Å². The van der Waals surface area contributed by atoms with Crippen LogP contribution in [-0.4, -0.2) is 29.3 Å². The lowest BCUT2D eigenvalue weighted by atomic mass is 10.1. The molecule has 3 N–H and O–H groups in total. The number of halogens is 1. The maximum Gasteiger partial charge on any atom is 0.321 e. The maximum absolute atomic E-state index is 12.9. The van der Waals surface area contributed by atoms with Crippen molar-refractivity contribution >= 4 is 5.97 Å². The molecule has 1 atom stereocenters. The molecule has 0 spiro atoms. The number of nitrogens with one attached hydrogen (secondary N) is 1. The fourth-order valence-corrected chi connectivity index (χ4v) is 1.23. The van der Waals surface area contributed by atoms with Crippen molar-refractivity contribution < 1.29 is 19.4 Å². The number of rotatable bonds is 4. The van der Waals surface area contributed by atoms with Gasteiger partial charge < -0.3 is 15.5 Å². The zero-order valence-electron chi connectivity index (χ0n) is 8.20. The summed E-state index contributed by atoms with van der Waals surface area (Å²) in [7, 11) is 1.52. The van der Waals surface area contributed by atoms with Gasteiger partial charge in [-0.05, 0) is 31.2 Å². The highest BCUT2D eigenvalue weighted by Gasteiger charge is 2.15. The molecule has 0 radical (unpaired) electrons.